The molecule has 0 unspecified atom stereocenters. The highest BCUT2D eigenvalue weighted by molar-refractivity contribution is 5.71. The number of allylic oxidation sites excluding steroid dienone is 1. The number of rotatable bonds is 6. The molecule has 0 radical (unpaired) electrons. The molecule has 1 aliphatic rings. The minimum Gasteiger partial charge on any atom is -0.406 e. The van der Waals surface area contributed by atoms with E-state index in [1.54, 1.807) is 6.07 Å². The number of hydrogen-bond donors (Lipinski definition) is 0. The lowest BCUT2D eigenvalue weighted by molar-refractivity contribution is -0.274. The summed E-state index contributed by atoms with van der Waals surface area (Å²) in [5.41, 5.74) is 3.88. The van der Waals surface area contributed by atoms with Crippen molar-refractivity contribution in [3.05, 3.63) is 58.9 Å². The van der Waals surface area contributed by atoms with E-state index in [0.717, 1.165) is 24.8 Å². The minimum atomic E-state index is -4.74. The van der Waals surface area contributed by atoms with Gasteiger partial charge in [-0.2, -0.15) is 0 Å². The van der Waals surface area contributed by atoms with E-state index in [0.29, 0.717) is 23.1 Å². The van der Waals surface area contributed by atoms with E-state index in [1.165, 1.54) is 42.7 Å². The van der Waals surface area contributed by atoms with Crippen LogP contribution in [0.15, 0.2) is 42.0 Å². The summed E-state index contributed by atoms with van der Waals surface area (Å²) >= 11 is 0. The summed E-state index contributed by atoms with van der Waals surface area (Å²) in [6, 6.07) is 8.88. The lowest BCUT2D eigenvalue weighted by Gasteiger charge is -2.19. The number of ether oxygens (including phenoxy) is 1. The zero-order chi connectivity index (χ0) is 19.4. The van der Waals surface area contributed by atoms with Crippen LogP contribution in [-0.2, 0) is 6.42 Å². The molecule has 0 atom stereocenters. The molecule has 0 N–H and O–H groups in total. The molecule has 0 fully saturated rings. The zero-order valence-electron chi connectivity index (χ0n) is 15.2. The molecule has 2 aromatic rings. The van der Waals surface area contributed by atoms with Gasteiger partial charge in [0.15, 0.2) is 0 Å². The zero-order valence-corrected chi connectivity index (χ0v) is 15.2. The summed E-state index contributed by atoms with van der Waals surface area (Å²) in [6.07, 6.45) is 3.45. The van der Waals surface area contributed by atoms with Crippen LogP contribution in [0.2, 0.25) is 0 Å². The summed E-state index contributed by atoms with van der Waals surface area (Å²) in [6.45, 7) is 2.17. The van der Waals surface area contributed by atoms with E-state index < -0.39 is 6.36 Å². The Balaban J connectivity index is 1.81. The number of alkyl halides is 3. The van der Waals surface area contributed by atoms with Gasteiger partial charge < -0.3 is 4.74 Å². The van der Waals surface area contributed by atoms with E-state index in [2.05, 4.69) is 17.7 Å². The summed E-state index contributed by atoms with van der Waals surface area (Å²) in [4.78, 5) is 0. The molecule has 0 spiro atoms. The molecule has 5 heteroatoms. The van der Waals surface area contributed by atoms with Gasteiger partial charge in [0, 0.05) is 5.56 Å². The van der Waals surface area contributed by atoms with Crippen LogP contribution in [0.1, 0.15) is 50.2 Å². The van der Waals surface area contributed by atoms with E-state index in [-0.39, 0.29) is 11.6 Å². The monoisotopic (exact) mass is 378 g/mol. The topological polar surface area (TPSA) is 9.23 Å². The van der Waals surface area contributed by atoms with Crippen molar-refractivity contribution < 1.29 is 22.3 Å². The van der Waals surface area contributed by atoms with E-state index in [4.69, 9.17) is 0 Å². The number of unbranched alkanes of at least 4 members (excludes halogenated alkanes) is 2. The molecule has 27 heavy (non-hydrogen) atoms. The van der Waals surface area contributed by atoms with Crippen molar-refractivity contribution in [2.75, 3.05) is 0 Å². The predicted octanol–water partition coefficient (Wildman–Crippen LogP) is 7.30. The first-order chi connectivity index (χ1) is 12.9. The smallest absolute Gasteiger partial charge is 0.406 e. The van der Waals surface area contributed by atoms with Gasteiger partial charge in [-0.05, 0) is 54.5 Å². The van der Waals surface area contributed by atoms with Gasteiger partial charge in [-0.25, -0.2) is 4.39 Å². The normalized spacial score (nSPS) is 13.9. The molecule has 0 saturated carbocycles. The van der Waals surface area contributed by atoms with Gasteiger partial charge in [0.05, 0.1) is 0 Å². The fourth-order valence-corrected chi connectivity index (χ4v) is 3.46. The molecule has 1 aliphatic carbocycles. The largest absolute Gasteiger partial charge is 0.573 e. The number of fused-ring (bicyclic) bond motifs is 1. The first-order valence-corrected chi connectivity index (χ1v) is 9.24. The van der Waals surface area contributed by atoms with Crippen molar-refractivity contribution in [3.8, 4) is 16.9 Å². The van der Waals surface area contributed by atoms with Crippen LogP contribution < -0.4 is 4.74 Å². The number of hydrogen-bond acceptors (Lipinski definition) is 1. The highest BCUT2D eigenvalue weighted by Gasteiger charge is 2.31. The molecule has 0 amide bonds. The molecular formula is C22H22F4O. The van der Waals surface area contributed by atoms with Gasteiger partial charge in [0.1, 0.15) is 11.6 Å². The Labute approximate surface area is 156 Å². The highest BCUT2D eigenvalue weighted by atomic mass is 19.4. The Morgan fingerprint density at radius 1 is 0.963 bits per heavy atom. The first-order valence-electron chi connectivity index (χ1n) is 9.24. The van der Waals surface area contributed by atoms with E-state index in [9.17, 15) is 13.2 Å². The molecule has 0 aliphatic heterocycles. The summed E-state index contributed by atoms with van der Waals surface area (Å²) in [7, 11) is 0. The van der Waals surface area contributed by atoms with Crippen LogP contribution in [0.25, 0.3) is 17.2 Å². The summed E-state index contributed by atoms with van der Waals surface area (Å²) < 4.78 is 55.6. The van der Waals surface area contributed by atoms with Gasteiger partial charge in [-0.15, -0.1) is 13.2 Å². The molecule has 0 saturated heterocycles. The molecule has 0 heterocycles. The average Bonchev–Trinajstić information content (AvgIpc) is 2.62. The Morgan fingerprint density at radius 3 is 2.37 bits per heavy atom. The van der Waals surface area contributed by atoms with Gasteiger partial charge in [-0.3, -0.25) is 0 Å². The molecule has 0 aromatic heterocycles. The lowest BCUT2D eigenvalue weighted by atomic mass is 9.87. The van der Waals surface area contributed by atoms with Gasteiger partial charge in [-0.1, -0.05) is 55.7 Å². The minimum absolute atomic E-state index is 0.291. The Morgan fingerprint density at radius 2 is 1.70 bits per heavy atom. The Hall–Kier alpha value is -2.30. The average molecular weight is 378 g/mol. The van der Waals surface area contributed by atoms with Crippen molar-refractivity contribution in [2.45, 2.75) is 51.8 Å². The predicted molar refractivity (Wildman–Crippen MR) is 99.0 cm³/mol. The lowest BCUT2D eigenvalue weighted by Crippen LogP contribution is -2.16. The van der Waals surface area contributed by atoms with Crippen molar-refractivity contribution >= 4 is 6.08 Å². The van der Waals surface area contributed by atoms with Gasteiger partial charge in [0.2, 0.25) is 0 Å². The van der Waals surface area contributed by atoms with Crippen molar-refractivity contribution in [1.29, 1.82) is 0 Å². The van der Waals surface area contributed by atoms with Crippen LogP contribution in [0.4, 0.5) is 17.6 Å². The fraction of sp³-hybridized carbons (Fsp3) is 0.364. The second kappa shape index (κ2) is 8.15. The van der Waals surface area contributed by atoms with Crippen LogP contribution >= 0.6 is 0 Å². The number of halogens is 4. The van der Waals surface area contributed by atoms with Crippen LogP contribution in [0.5, 0.6) is 5.75 Å². The SMILES string of the molecule is CCCCCC1=Cc2ccc(-c3ccc(OC(F)(F)F)cc3)c(F)c2CC1. The van der Waals surface area contributed by atoms with Crippen molar-refractivity contribution in [2.24, 2.45) is 0 Å². The molecule has 144 valence electrons. The third-order valence-electron chi connectivity index (χ3n) is 4.84. The van der Waals surface area contributed by atoms with Gasteiger partial charge in [0.25, 0.3) is 0 Å². The molecule has 3 rings (SSSR count). The maximum absolute atomic E-state index is 15.0. The second-order valence-corrected chi connectivity index (χ2v) is 6.83. The Bertz CT molecular complexity index is 819. The molecular weight excluding hydrogens is 356 g/mol. The third kappa shape index (κ3) is 4.90. The molecule has 2 aromatic carbocycles. The maximum Gasteiger partial charge on any atom is 0.573 e. The fourth-order valence-electron chi connectivity index (χ4n) is 3.46. The molecule has 0 bridgehead atoms. The molecule has 1 nitrogen and oxygen atoms in total. The van der Waals surface area contributed by atoms with Crippen LogP contribution in [-0.4, -0.2) is 6.36 Å². The standard InChI is InChI=1S/C22H22F4O/c1-2-3-4-5-15-6-12-20-17(14-15)9-13-19(21(20)23)16-7-10-18(11-8-16)27-22(24,25)26/h7-11,13-14H,2-6,12H2,1H3. The van der Waals surface area contributed by atoms with Crippen molar-refractivity contribution in [3.63, 3.8) is 0 Å². The van der Waals surface area contributed by atoms with E-state index >= 15 is 4.39 Å². The number of benzene rings is 2. The summed E-state index contributed by atoms with van der Waals surface area (Å²) in [5, 5.41) is 0. The van der Waals surface area contributed by atoms with Crippen LogP contribution in [0, 0.1) is 5.82 Å². The quantitative estimate of drug-likeness (QED) is 0.378. The third-order valence-corrected chi connectivity index (χ3v) is 4.84. The Kier molecular flexibility index (Phi) is 5.88. The van der Waals surface area contributed by atoms with Gasteiger partial charge >= 0.3 is 6.36 Å². The van der Waals surface area contributed by atoms with E-state index in [1.807, 2.05) is 6.07 Å². The summed E-state index contributed by atoms with van der Waals surface area (Å²) in [5.74, 6) is -0.606. The van der Waals surface area contributed by atoms with Crippen molar-refractivity contribution in [1.82, 2.24) is 0 Å². The maximum atomic E-state index is 15.0. The first kappa shape index (κ1) is 19.5. The van der Waals surface area contributed by atoms with Crippen LogP contribution in [0.3, 0.4) is 0 Å². The highest BCUT2D eigenvalue weighted by Crippen LogP contribution is 2.34. The second-order valence-electron chi connectivity index (χ2n) is 6.83.